The van der Waals surface area contributed by atoms with Crippen molar-refractivity contribution in [3.63, 3.8) is 0 Å². The van der Waals surface area contributed by atoms with Crippen LogP contribution in [0.4, 0.5) is 0 Å². The Bertz CT molecular complexity index is 427. The van der Waals surface area contributed by atoms with Crippen molar-refractivity contribution in [2.45, 2.75) is 25.9 Å². The first-order valence-electron chi connectivity index (χ1n) is 6.81. The highest BCUT2D eigenvalue weighted by atomic mass is 16.1. The fraction of sp³-hybridized carbons (Fsp3) is 0.571. The van der Waals surface area contributed by atoms with E-state index in [-0.39, 0.29) is 11.8 Å². The molecule has 0 radical (unpaired) electrons. The highest BCUT2D eigenvalue weighted by Gasteiger charge is 2.24. The van der Waals surface area contributed by atoms with Gasteiger partial charge in [-0.15, -0.1) is 0 Å². The van der Waals surface area contributed by atoms with Crippen LogP contribution in [0.1, 0.15) is 24.1 Å². The van der Waals surface area contributed by atoms with Gasteiger partial charge >= 0.3 is 0 Å². The highest BCUT2D eigenvalue weighted by Crippen LogP contribution is 2.19. The zero-order valence-electron chi connectivity index (χ0n) is 11.4. The van der Waals surface area contributed by atoms with Gasteiger partial charge in [-0.1, -0.05) is 6.07 Å². The van der Waals surface area contributed by atoms with E-state index in [1.807, 2.05) is 6.07 Å². The standard InChI is InChI=1S/C14H22N4O/c1-16-14(19)11-4-7-18(8-5-11)10-12-3-2-6-17-13(12)9-15/h2-3,6,11H,4-5,7-10,15H2,1H3,(H,16,19). The summed E-state index contributed by atoms with van der Waals surface area (Å²) >= 11 is 0. The number of pyridine rings is 1. The predicted octanol–water partition coefficient (Wildman–Crippen LogP) is 0.498. The number of rotatable bonds is 4. The molecule has 1 saturated heterocycles. The molecule has 0 saturated carbocycles. The third-order valence-corrected chi connectivity index (χ3v) is 3.78. The Morgan fingerprint density at radius 2 is 2.26 bits per heavy atom. The number of hydrogen-bond donors (Lipinski definition) is 2. The molecule has 2 rings (SSSR count). The molecule has 0 unspecified atom stereocenters. The number of aromatic nitrogens is 1. The van der Waals surface area contributed by atoms with Crippen LogP contribution < -0.4 is 11.1 Å². The summed E-state index contributed by atoms with van der Waals surface area (Å²) in [5.74, 6) is 0.341. The molecule has 5 heteroatoms. The highest BCUT2D eigenvalue weighted by molar-refractivity contribution is 5.78. The summed E-state index contributed by atoms with van der Waals surface area (Å²) in [5.41, 5.74) is 7.87. The van der Waals surface area contributed by atoms with Crippen LogP contribution in [0.2, 0.25) is 0 Å². The van der Waals surface area contributed by atoms with Crippen LogP contribution in [0.15, 0.2) is 18.3 Å². The summed E-state index contributed by atoms with van der Waals surface area (Å²) in [6, 6.07) is 4.03. The Hall–Kier alpha value is -1.46. The van der Waals surface area contributed by atoms with Crippen molar-refractivity contribution in [1.29, 1.82) is 0 Å². The van der Waals surface area contributed by atoms with Gasteiger partial charge in [0.05, 0.1) is 5.69 Å². The molecule has 2 heterocycles. The van der Waals surface area contributed by atoms with Gasteiger partial charge in [0.15, 0.2) is 0 Å². The van der Waals surface area contributed by atoms with Crippen molar-refractivity contribution in [3.05, 3.63) is 29.6 Å². The first-order valence-corrected chi connectivity index (χ1v) is 6.81. The fourth-order valence-electron chi connectivity index (χ4n) is 2.60. The van der Waals surface area contributed by atoms with Gasteiger partial charge in [0.1, 0.15) is 0 Å². The third kappa shape index (κ3) is 3.52. The maximum atomic E-state index is 11.6. The second-order valence-corrected chi connectivity index (χ2v) is 4.98. The van der Waals surface area contributed by atoms with Crippen molar-refractivity contribution >= 4 is 5.91 Å². The van der Waals surface area contributed by atoms with Crippen LogP contribution in [0.25, 0.3) is 0 Å². The molecule has 0 spiro atoms. The van der Waals surface area contributed by atoms with Crippen LogP contribution in [0.3, 0.4) is 0 Å². The number of carbonyl (C=O) groups is 1. The zero-order valence-corrected chi connectivity index (χ0v) is 11.4. The monoisotopic (exact) mass is 262 g/mol. The lowest BCUT2D eigenvalue weighted by Gasteiger charge is -2.31. The molecule has 104 valence electrons. The molecule has 3 N–H and O–H groups in total. The number of nitrogens with zero attached hydrogens (tertiary/aromatic N) is 2. The van der Waals surface area contributed by atoms with Gasteiger partial charge in [-0.05, 0) is 37.6 Å². The molecule has 1 aromatic heterocycles. The van der Waals surface area contributed by atoms with Crippen molar-refractivity contribution in [3.8, 4) is 0 Å². The average Bonchev–Trinajstić information content (AvgIpc) is 2.48. The number of amides is 1. The molecule has 0 aromatic carbocycles. The molecule has 1 aliphatic rings. The van der Waals surface area contributed by atoms with E-state index in [0.29, 0.717) is 6.54 Å². The zero-order chi connectivity index (χ0) is 13.7. The summed E-state index contributed by atoms with van der Waals surface area (Å²) in [5, 5.41) is 2.73. The summed E-state index contributed by atoms with van der Waals surface area (Å²) in [6.07, 6.45) is 3.64. The average molecular weight is 262 g/mol. The largest absolute Gasteiger partial charge is 0.359 e. The Balaban J connectivity index is 1.90. The lowest BCUT2D eigenvalue weighted by molar-refractivity contribution is -0.125. The van der Waals surface area contributed by atoms with Gasteiger partial charge in [0.25, 0.3) is 0 Å². The Morgan fingerprint density at radius 1 is 1.53 bits per heavy atom. The van der Waals surface area contributed by atoms with E-state index >= 15 is 0 Å². The number of nitrogens with one attached hydrogen (secondary N) is 1. The smallest absolute Gasteiger partial charge is 0.222 e. The topological polar surface area (TPSA) is 71.2 Å². The van der Waals surface area contributed by atoms with Crippen LogP contribution in [0.5, 0.6) is 0 Å². The van der Waals surface area contributed by atoms with E-state index in [1.165, 1.54) is 5.56 Å². The van der Waals surface area contributed by atoms with Gasteiger partial charge in [-0.25, -0.2) is 0 Å². The second kappa shape index (κ2) is 6.63. The number of likely N-dealkylation sites (tertiary alicyclic amines) is 1. The maximum absolute atomic E-state index is 11.6. The van der Waals surface area contributed by atoms with Gasteiger partial charge in [0, 0.05) is 32.3 Å². The van der Waals surface area contributed by atoms with Crippen LogP contribution in [-0.2, 0) is 17.9 Å². The molecule has 1 amide bonds. The van der Waals surface area contributed by atoms with Crippen LogP contribution in [0, 0.1) is 5.92 Å². The third-order valence-electron chi connectivity index (χ3n) is 3.78. The summed E-state index contributed by atoms with van der Waals surface area (Å²) < 4.78 is 0. The predicted molar refractivity (Wildman–Crippen MR) is 74.2 cm³/mol. The van der Waals surface area contributed by atoms with E-state index in [2.05, 4.69) is 21.3 Å². The van der Waals surface area contributed by atoms with Gasteiger partial charge < -0.3 is 11.1 Å². The fourth-order valence-corrected chi connectivity index (χ4v) is 2.60. The minimum atomic E-state index is 0.170. The second-order valence-electron chi connectivity index (χ2n) is 4.98. The molecule has 5 nitrogen and oxygen atoms in total. The minimum absolute atomic E-state index is 0.170. The molecular formula is C14H22N4O. The van der Waals surface area contributed by atoms with Crippen molar-refractivity contribution in [2.24, 2.45) is 11.7 Å². The first kappa shape index (κ1) is 14.0. The molecule has 1 aromatic rings. The van der Waals surface area contributed by atoms with E-state index < -0.39 is 0 Å². The van der Waals surface area contributed by atoms with Gasteiger partial charge in [0.2, 0.25) is 5.91 Å². The molecule has 1 fully saturated rings. The summed E-state index contributed by atoms with van der Waals surface area (Å²) in [7, 11) is 1.71. The lowest BCUT2D eigenvalue weighted by Crippen LogP contribution is -2.39. The lowest BCUT2D eigenvalue weighted by atomic mass is 9.95. The van der Waals surface area contributed by atoms with E-state index in [1.54, 1.807) is 13.2 Å². The summed E-state index contributed by atoms with van der Waals surface area (Å²) in [4.78, 5) is 18.3. The molecule has 0 bridgehead atoms. The van der Waals surface area contributed by atoms with Gasteiger partial charge in [-0.2, -0.15) is 0 Å². The van der Waals surface area contributed by atoms with Crippen molar-refractivity contribution < 1.29 is 4.79 Å². The Kier molecular flexibility index (Phi) is 4.87. The maximum Gasteiger partial charge on any atom is 0.222 e. The van der Waals surface area contributed by atoms with Crippen molar-refractivity contribution in [2.75, 3.05) is 20.1 Å². The number of hydrogen-bond acceptors (Lipinski definition) is 4. The molecule has 0 atom stereocenters. The van der Waals surface area contributed by atoms with Crippen molar-refractivity contribution in [1.82, 2.24) is 15.2 Å². The first-order chi connectivity index (χ1) is 9.24. The SMILES string of the molecule is CNC(=O)C1CCN(Cc2cccnc2CN)CC1. The number of piperidine rings is 1. The van der Waals surface area contributed by atoms with E-state index in [0.717, 1.165) is 38.2 Å². The summed E-state index contributed by atoms with van der Waals surface area (Å²) in [6.45, 7) is 3.26. The Labute approximate surface area is 114 Å². The Morgan fingerprint density at radius 3 is 2.89 bits per heavy atom. The normalized spacial score (nSPS) is 17.4. The number of carbonyl (C=O) groups excluding carboxylic acids is 1. The number of nitrogens with two attached hydrogens (primary N) is 1. The molecule has 0 aliphatic carbocycles. The molecular weight excluding hydrogens is 240 g/mol. The van der Waals surface area contributed by atoms with E-state index in [9.17, 15) is 4.79 Å². The molecule has 1 aliphatic heterocycles. The van der Waals surface area contributed by atoms with Gasteiger partial charge in [-0.3, -0.25) is 14.7 Å². The van der Waals surface area contributed by atoms with E-state index in [4.69, 9.17) is 5.73 Å². The molecule has 19 heavy (non-hydrogen) atoms. The van der Waals surface area contributed by atoms with Crippen LogP contribution in [-0.4, -0.2) is 35.9 Å². The quantitative estimate of drug-likeness (QED) is 0.829. The minimum Gasteiger partial charge on any atom is -0.359 e. The van der Waals surface area contributed by atoms with Crippen LogP contribution >= 0.6 is 0 Å².